The fourth-order valence-corrected chi connectivity index (χ4v) is 5.81. The van der Waals surface area contributed by atoms with E-state index in [1.807, 2.05) is 4.57 Å². The van der Waals surface area contributed by atoms with Crippen molar-refractivity contribution in [3.8, 4) is 11.3 Å². The maximum Gasteiger partial charge on any atom is 0.427 e. The zero-order chi connectivity index (χ0) is 28.0. The van der Waals surface area contributed by atoms with Crippen molar-refractivity contribution in [3.05, 3.63) is 70.9 Å². The van der Waals surface area contributed by atoms with Crippen LogP contribution >= 0.6 is 11.6 Å². The van der Waals surface area contributed by atoms with Crippen molar-refractivity contribution in [2.24, 2.45) is 11.8 Å². The number of hydroxylamine groups is 1. The molecule has 1 aliphatic carbocycles. The van der Waals surface area contributed by atoms with Crippen LogP contribution in [0.2, 0.25) is 5.02 Å². The number of amides is 1. The summed E-state index contributed by atoms with van der Waals surface area (Å²) in [5, 5.41) is 3.03. The van der Waals surface area contributed by atoms with E-state index in [2.05, 4.69) is 27.7 Å². The zero-order valence-electron chi connectivity index (χ0n) is 22.0. The van der Waals surface area contributed by atoms with Crippen LogP contribution in [0.25, 0.3) is 22.3 Å². The summed E-state index contributed by atoms with van der Waals surface area (Å²) < 4.78 is 33.6. The lowest BCUT2D eigenvalue weighted by molar-refractivity contribution is 0.121. The number of halogens is 3. The van der Waals surface area contributed by atoms with Crippen LogP contribution < -0.4 is 10.8 Å². The highest BCUT2D eigenvalue weighted by atomic mass is 35.5. The number of nitrogens with zero attached hydrogens (tertiary/aromatic N) is 5. The highest BCUT2D eigenvalue weighted by molar-refractivity contribution is 6.30. The molecule has 208 valence electrons. The Balaban J connectivity index is 1.60. The van der Waals surface area contributed by atoms with Gasteiger partial charge in [-0.3, -0.25) is 15.3 Å². The van der Waals surface area contributed by atoms with Crippen LogP contribution in [0.4, 0.5) is 13.6 Å². The molecule has 1 saturated carbocycles. The molecule has 0 aromatic carbocycles. The van der Waals surface area contributed by atoms with Gasteiger partial charge in [0.05, 0.1) is 27.4 Å². The monoisotopic (exact) mass is 567 g/mol. The van der Waals surface area contributed by atoms with Gasteiger partial charge in [0, 0.05) is 30.7 Å². The van der Waals surface area contributed by atoms with Gasteiger partial charge in [-0.25, -0.2) is 23.5 Å². The smallest absolute Gasteiger partial charge is 0.351 e. The van der Waals surface area contributed by atoms with Gasteiger partial charge in [-0.05, 0) is 55.9 Å². The van der Waals surface area contributed by atoms with Gasteiger partial charge >= 0.3 is 6.09 Å². The molecule has 1 amide bonds. The summed E-state index contributed by atoms with van der Waals surface area (Å²) in [4.78, 5) is 34.5. The van der Waals surface area contributed by atoms with E-state index in [0.717, 1.165) is 25.7 Å². The first-order valence-electron chi connectivity index (χ1n) is 13.3. The van der Waals surface area contributed by atoms with Gasteiger partial charge in [-0.15, -0.1) is 5.48 Å². The van der Waals surface area contributed by atoms with Gasteiger partial charge in [0.25, 0.3) is 0 Å². The van der Waals surface area contributed by atoms with Crippen LogP contribution in [0.5, 0.6) is 0 Å². The number of carbonyl (C=O) groups is 1. The number of aromatic nitrogens is 5. The van der Waals surface area contributed by atoms with Gasteiger partial charge in [0.1, 0.15) is 11.5 Å². The molecule has 40 heavy (non-hydrogen) atoms. The van der Waals surface area contributed by atoms with E-state index in [-0.39, 0.29) is 17.4 Å². The van der Waals surface area contributed by atoms with E-state index in [1.165, 1.54) is 31.5 Å². The molecule has 1 saturated heterocycles. The molecule has 2 atom stereocenters. The molecule has 12 heteroatoms. The van der Waals surface area contributed by atoms with Gasteiger partial charge in [0.2, 0.25) is 5.67 Å². The Kier molecular flexibility index (Phi) is 6.87. The van der Waals surface area contributed by atoms with Crippen LogP contribution in [-0.4, -0.2) is 30.6 Å². The van der Waals surface area contributed by atoms with Crippen LogP contribution in [-0.2, 0) is 17.1 Å². The van der Waals surface area contributed by atoms with Gasteiger partial charge in [-0.1, -0.05) is 31.4 Å². The second-order valence-electron chi connectivity index (χ2n) is 10.7. The summed E-state index contributed by atoms with van der Waals surface area (Å²) in [5.74, 6) is 0.170. The number of rotatable bonds is 6. The van der Waals surface area contributed by atoms with E-state index >= 15 is 4.39 Å². The summed E-state index contributed by atoms with van der Waals surface area (Å²) in [6, 6.07) is 5.99. The number of carbonyl (C=O) groups excluding carboxylic acids is 1. The normalized spacial score (nSPS) is 22.6. The average molecular weight is 568 g/mol. The predicted octanol–water partition coefficient (Wildman–Crippen LogP) is 5.98. The fourth-order valence-electron chi connectivity index (χ4n) is 5.63. The Labute approximate surface area is 234 Å². The molecule has 9 nitrogen and oxygen atoms in total. The van der Waals surface area contributed by atoms with Crippen LogP contribution in [0, 0.1) is 17.7 Å². The largest absolute Gasteiger partial charge is 0.427 e. The van der Waals surface area contributed by atoms with E-state index in [0.29, 0.717) is 45.5 Å². The molecule has 2 fully saturated rings. The lowest BCUT2D eigenvalue weighted by atomic mass is 9.83. The first kappa shape index (κ1) is 26.5. The third-order valence-electron chi connectivity index (χ3n) is 7.75. The topological polar surface area (TPSA) is 107 Å². The Hall–Kier alpha value is -3.70. The Morgan fingerprint density at radius 3 is 2.70 bits per heavy atom. The Morgan fingerprint density at radius 2 is 2.00 bits per heavy atom. The molecule has 0 bridgehead atoms. The lowest BCUT2D eigenvalue weighted by Gasteiger charge is -2.29. The molecular formula is C28H28ClF2N7O2. The maximum atomic E-state index is 16.9. The SMILES string of the molecule is CC1CCC(Cn2c(C(C)(F)c3ncccc3F)nc3cc(C4NOC(=O)N4)nc(-c4cncc(Cl)c4)c32)CC1. The molecule has 0 radical (unpaired) electrons. The molecule has 4 aromatic heterocycles. The summed E-state index contributed by atoms with van der Waals surface area (Å²) in [5.41, 5.74) is 2.29. The lowest BCUT2D eigenvalue weighted by Crippen LogP contribution is -2.28. The second-order valence-corrected chi connectivity index (χ2v) is 11.2. The van der Waals surface area contributed by atoms with Crippen molar-refractivity contribution in [1.29, 1.82) is 0 Å². The number of nitrogens with one attached hydrogen (secondary N) is 2. The molecular weight excluding hydrogens is 540 g/mol. The van der Waals surface area contributed by atoms with E-state index in [9.17, 15) is 9.18 Å². The minimum atomic E-state index is -2.36. The van der Waals surface area contributed by atoms with Crippen molar-refractivity contribution in [2.75, 3.05) is 0 Å². The summed E-state index contributed by atoms with van der Waals surface area (Å²) in [7, 11) is 0. The fraction of sp³-hybridized carbons (Fsp3) is 0.393. The number of fused-ring (bicyclic) bond motifs is 1. The van der Waals surface area contributed by atoms with Crippen LogP contribution in [0.15, 0.2) is 42.9 Å². The van der Waals surface area contributed by atoms with E-state index in [4.69, 9.17) is 26.4 Å². The number of hydrogen-bond acceptors (Lipinski definition) is 7. The summed E-state index contributed by atoms with van der Waals surface area (Å²) in [6.07, 6.45) is 7.19. The molecule has 1 aliphatic heterocycles. The van der Waals surface area contributed by atoms with Crippen molar-refractivity contribution in [1.82, 2.24) is 35.3 Å². The van der Waals surface area contributed by atoms with Crippen molar-refractivity contribution in [2.45, 2.75) is 57.9 Å². The molecule has 4 aromatic rings. The number of alkyl halides is 1. The minimum absolute atomic E-state index is 0.0218. The molecule has 0 spiro atoms. The number of imidazole rings is 1. The van der Waals surface area contributed by atoms with Crippen molar-refractivity contribution >= 4 is 28.7 Å². The highest BCUT2D eigenvalue weighted by Gasteiger charge is 2.40. The third kappa shape index (κ3) is 4.88. The summed E-state index contributed by atoms with van der Waals surface area (Å²) in [6.45, 7) is 3.99. The number of hydrogen-bond donors (Lipinski definition) is 2. The van der Waals surface area contributed by atoms with Crippen molar-refractivity contribution in [3.63, 3.8) is 0 Å². The van der Waals surface area contributed by atoms with Crippen molar-refractivity contribution < 1.29 is 18.4 Å². The van der Waals surface area contributed by atoms with Crippen LogP contribution in [0.3, 0.4) is 0 Å². The zero-order valence-corrected chi connectivity index (χ0v) is 22.8. The second kappa shape index (κ2) is 10.4. The molecule has 2 aliphatic rings. The maximum absolute atomic E-state index is 16.9. The molecule has 5 heterocycles. The standard InChI is InChI=1S/C28H28ClF2N7O2/c1-15-5-7-16(8-6-15)14-38-23-20(35-26(38)28(2,31)24-19(30)4-3-9-33-24)11-21(25-36-27(39)40-37-25)34-22(23)17-10-18(29)13-32-12-17/h3-4,9-13,15-16,25,37H,5-8,14H2,1-2H3,(H,36,39). The Morgan fingerprint density at radius 1 is 1.20 bits per heavy atom. The Bertz CT molecular complexity index is 1590. The number of pyridine rings is 3. The quantitative estimate of drug-likeness (QED) is 0.295. The predicted molar refractivity (Wildman–Crippen MR) is 144 cm³/mol. The molecule has 2 unspecified atom stereocenters. The first-order valence-corrected chi connectivity index (χ1v) is 13.6. The van der Waals surface area contributed by atoms with E-state index < -0.39 is 23.7 Å². The minimum Gasteiger partial charge on any atom is -0.351 e. The summed E-state index contributed by atoms with van der Waals surface area (Å²) >= 11 is 6.30. The average Bonchev–Trinajstić information content (AvgIpc) is 3.53. The highest BCUT2D eigenvalue weighted by Crippen LogP contribution is 2.40. The van der Waals surface area contributed by atoms with Gasteiger partial charge < -0.3 is 9.40 Å². The first-order chi connectivity index (χ1) is 19.2. The molecule has 6 rings (SSSR count). The third-order valence-corrected chi connectivity index (χ3v) is 7.96. The van der Waals surface area contributed by atoms with E-state index in [1.54, 1.807) is 18.3 Å². The van der Waals surface area contributed by atoms with Gasteiger partial charge in [0.15, 0.2) is 12.0 Å². The van der Waals surface area contributed by atoms with Crippen LogP contribution in [0.1, 0.15) is 62.9 Å². The molecule has 2 N–H and O–H groups in total. The van der Waals surface area contributed by atoms with Gasteiger partial charge in [-0.2, -0.15) is 0 Å².